The van der Waals surface area contributed by atoms with Crippen LogP contribution in [0.4, 0.5) is 0 Å². The van der Waals surface area contributed by atoms with Crippen molar-refractivity contribution in [2.75, 3.05) is 0 Å². The van der Waals surface area contributed by atoms with Crippen LogP contribution in [-0.2, 0) is 4.79 Å². The molecule has 0 unspecified atom stereocenters. The topological polar surface area (TPSA) is 61.1 Å². The van der Waals surface area contributed by atoms with Gasteiger partial charge in [0.15, 0.2) is 0 Å². The van der Waals surface area contributed by atoms with Crippen LogP contribution in [0.3, 0.4) is 0 Å². The average molecular weight is 242 g/mol. The van der Waals surface area contributed by atoms with Crippen LogP contribution in [0.15, 0.2) is 18.2 Å². The molecule has 1 rings (SSSR count). The molecule has 0 heterocycles. The molecule has 0 aromatic heterocycles. The Labute approximate surface area is 96.2 Å². The fraction of sp³-hybridized carbons (Fsp3) is 0. The van der Waals surface area contributed by atoms with Crippen molar-refractivity contribution < 1.29 is 9.90 Å². The summed E-state index contributed by atoms with van der Waals surface area (Å²) in [6.07, 6.45) is 2.25. The van der Waals surface area contributed by atoms with Crippen LogP contribution < -0.4 is 0 Å². The maximum absolute atomic E-state index is 10.3. The van der Waals surface area contributed by atoms with Gasteiger partial charge in [0, 0.05) is 11.1 Å². The van der Waals surface area contributed by atoms with E-state index in [1.54, 1.807) is 0 Å². The minimum absolute atomic E-state index is 0.245. The number of carboxylic acids is 1. The number of halogens is 2. The smallest absolute Gasteiger partial charge is 0.328 e. The van der Waals surface area contributed by atoms with Crippen LogP contribution in [0.2, 0.25) is 10.0 Å². The van der Waals surface area contributed by atoms with Crippen LogP contribution in [0, 0.1) is 11.3 Å². The fourth-order valence-electron chi connectivity index (χ4n) is 0.940. The summed E-state index contributed by atoms with van der Waals surface area (Å²) < 4.78 is 0. The summed E-state index contributed by atoms with van der Waals surface area (Å²) in [4.78, 5) is 10.3. The predicted octanol–water partition coefficient (Wildman–Crippen LogP) is 2.96. The first-order valence-corrected chi connectivity index (χ1v) is 4.60. The second-order valence-electron chi connectivity index (χ2n) is 2.64. The lowest BCUT2D eigenvalue weighted by atomic mass is 10.1. The largest absolute Gasteiger partial charge is 0.478 e. The molecular weight excluding hydrogens is 237 g/mol. The Kier molecular flexibility index (Phi) is 3.73. The Morgan fingerprint density at radius 1 is 1.40 bits per heavy atom. The number of aliphatic carboxylic acids is 1. The van der Waals surface area contributed by atoms with Gasteiger partial charge in [-0.2, -0.15) is 5.26 Å². The first-order valence-electron chi connectivity index (χ1n) is 3.84. The van der Waals surface area contributed by atoms with Gasteiger partial charge in [-0.15, -0.1) is 0 Å². The predicted molar refractivity (Wildman–Crippen MR) is 57.8 cm³/mol. The molecule has 15 heavy (non-hydrogen) atoms. The summed E-state index contributed by atoms with van der Waals surface area (Å²) in [5.74, 6) is -1.08. The van der Waals surface area contributed by atoms with Crippen LogP contribution in [-0.4, -0.2) is 11.1 Å². The molecule has 1 aromatic rings. The van der Waals surface area contributed by atoms with Gasteiger partial charge < -0.3 is 5.11 Å². The second-order valence-corrected chi connectivity index (χ2v) is 3.45. The van der Waals surface area contributed by atoms with Crippen LogP contribution in [0.1, 0.15) is 11.1 Å². The number of nitriles is 1. The van der Waals surface area contributed by atoms with E-state index in [4.69, 9.17) is 33.6 Å². The molecule has 0 saturated carbocycles. The van der Waals surface area contributed by atoms with Gasteiger partial charge in [-0.25, -0.2) is 4.79 Å². The van der Waals surface area contributed by atoms with Crippen LogP contribution >= 0.6 is 23.2 Å². The normalized spacial score (nSPS) is 10.2. The van der Waals surface area contributed by atoms with Gasteiger partial charge in [-0.1, -0.05) is 23.2 Å². The van der Waals surface area contributed by atoms with Gasteiger partial charge in [-0.05, 0) is 23.8 Å². The molecular formula is C10H5Cl2NO2. The number of benzene rings is 1. The Bertz CT molecular complexity index is 475. The molecule has 0 saturated heterocycles. The quantitative estimate of drug-likeness (QED) is 0.811. The van der Waals surface area contributed by atoms with Crippen molar-refractivity contribution in [1.82, 2.24) is 0 Å². The van der Waals surface area contributed by atoms with E-state index in [-0.39, 0.29) is 10.6 Å². The highest BCUT2D eigenvalue weighted by Gasteiger charge is 2.05. The van der Waals surface area contributed by atoms with Gasteiger partial charge in [0.1, 0.15) is 6.07 Å². The molecule has 0 atom stereocenters. The zero-order chi connectivity index (χ0) is 11.4. The highest BCUT2D eigenvalue weighted by Crippen LogP contribution is 2.25. The second kappa shape index (κ2) is 4.83. The monoisotopic (exact) mass is 241 g/mol. The number of nitrogens with zero attached hydrogens (tertiary/aromatic N) is 1. The van der Waals surface area contributed by atoms with E-state index in [9.17, 15) is 4.79 Å². The fourth-order valence-corrected chi connectivity index (χ4v) is 1.43. The third-order valence-electron chi connectivity index (χ3n) is 1.61. The molecule has 0 aliphatic carbocycles. The van der Waals surface area contributed by atoms with E-state index >= 15 is 0 Å². The van der Waals surface area contributed by atoms with E-state index in [0.29, 0.717) is 10.6 Å². The number of carboxylic acid groups (broad SMARTS) is 1. The molecule has 0 bridgehead atoms. The Hall–Kier alpha value is -1.50. The van der Waals surface area contributed by atoms with E-state index in [1.807, 2.05) is 6.07 Å². The molecule has 0 aliphatic heterocycles. The molecule has 0 spiro atoms. The molecule has 0 amide bonds. The zero-order valence-electron chi connectivity index (χ0n) is 7.37. The van der Waals surface area contributed by atoms with Crippen LogP contribution in [0.25, 0.3) is 6.08 Å². The summed E-state index contributed by atoms with van der Waals surface area (Å²) in [7, 11) is 0. The van der Waals surface area contributed by atoms with Gasteiger partial charge in [-0.3, -0.25) is 0 Å². The highest BCUT2D eigenvalue weighted by molar-refractivity contribution is 6.36. The Morgan fingerprint density at radius 2 is 2.07 bits per heavy atom. The third-order valence-corrected chi connectivity index (χ3v) is 2.25. The molecule has 1 aromatic carbocycles. The molecule has 0 radical (unpaired) electrons. The van der Waals surface area contributed by atoms with E-state index in [1.165, 1.54) is 18.2 Å². The maximum atomic E-state index is 10.3. The molecule has 76 valence electrons. The standard InChI is InChI=1S/C10H5Cl2NO2/c11-8-4-9(12)7(5-13)3-6(8)1-2-10(14)15/h1-4H,(H,14,15)/b2-1+. The summed E-state index contributed by atoms with van der Waals surface area (Å²) in [6, 6.07) is 4.72. The van der Waals surface area contributed by atoms with Gasteiger partial charge >= 0.3 is 5.97 Å². The van der Waals surface area contributed by atoms with Crippen molar-refractivity contribution in [2.24, 2.45) is 0 Å². The lowest BCUT2D eigenvalue weighted by molar-refractivity contribution is -0.131. The molecule has 0 aliphatic rings. The van der Waals surface area contributed by atoms with Crippen LogP contribution in [0.5, 0.6) is 0 Å². The number of carbonyl (C=O) groups is 1. The van der Waals surface area contributed by atoms with Crippen molar-refractivity contribution in [3.63, 3.8) is 0 Å². The highest BCUT2D eigenvalue weighted by atomic mass is 35.5. The van der Waals surface area contributed by atoms with E-state index in [0.717, 1.165) is 6.08 Å². The van der Waals surface area contributed by atoms with Crippen molar-refractivity contribution >= 4 is 35.2 Å². The number of hydrogen-bond acceptors (Lipinski definition) is 2. The molecule has 5 heteroatoms. The number of rotatable bonds is 2. The van der Waals surface area contributed by atoms with Gasteiger partial charge in [0.2, 0.25) is 0 Å². The summed E-state index contributed by atoms with van der Waals surface area (Å²) in [5.41, 5.74) is 0.700. The average Bonchev–Trinajstić information content (AvgIpc) is 2.16. The van der Waals surface area contributed by atoms with Crippen molar-refractivity contribution in [1.29, 1.82) is 5.26 Å². The first kappa shape index (κ1) is 11.6. The van der Waals surface area contributed by atoms with Crippen molar-refractivity contribution in [3.8, 4) is 6.07 Å². The van der Waals surface area contributed by atoms with Gasteiger partial charge in [0.25, 0.3) is 0 Å². The lowest BCUT2D eigenvalue weighted by Gasteiger charge is -2.00. The summed E-state index contributed by atoms with van der Waals surface area (Å²) >= 11 is 11.5. The third kappa shape index (κ3) is 2.98. The molecule has 3 nitrogen and oxygen atoms in total. The van der Waals surface area contributed by atoms with Gasteiger partial charge in [0.05, 0.1) is 10.6 Å². The van der Waals surface area contributed by atoms with E-state index in [2.05, 4.69) is 0 Å². The minimum Gasteiger partial charge on any atom is -0.478 e. The Balaban J connectivity index is 3.20. The SMILES string of the molecule is N#Cc1cc(/C=C/C(=O)O)c(Cl)cc1Cl. The number of hydrogen-bond donors (Lipinski definition) is 1. The summed E-state index contributed by atoms with van der Waals surface area (Å²) in [6.45, 7) is 0. The molecule has 0 fully saturated rings. The first-order chi connectivity index (χ1) is 7.04. The Morgan fingerprint density at radius 3 is 2.60 bits per heavy atom. The maximum Gasteiger partial charge on any atom is 0.328 e. The minimum atomic E-state index is -1.08. The lowest BCUT2D eigenvalue weighted by Crippen LogP contribution is -1.87. The van der Waals surface area contributed by atoms with Crippen molar-refractivity contribution in [2.45, 2.75) is 0 Å². The molecule has 1 N–H and O–H groups in total. The zero-order valence-corrected chi connectivity index (χ0v) is 8.88. The summed E-state index contributed by atoms with van der Waals surface area (Å²) in [5, 5.41) is 17.7. The van der Waals surface area contributed by atoms with Crippen molar-refractivity contribution in [3.05, 3.63) is 39.4 Å². The van der Waals surface area contributed by atoms with E-state index < -0.39 is 5.97 Å².